The fourth-order valence-corrected chi connectivity index (χ4v) is 3.19. The van der Waals surface area contributed by atoms with Gasteiger partial charge in [0.1, 0.15) is 18.1 Å². The Morgan fingerprint density at radius 1 is 0.857 bits per heavy atom. The SMILES string of the molecule is NC(CC(=O)O)C(=O)NC(Cc1cnc[nH]1)C(=O)NC(Cc1cnc[nH]1)C(=O)NC(CS)C(=O)O. The van der Waals surface area contributed by atoms with Crippen LogP contribution in [0.5, 0.6) is 0 Å². The van der Waals surface area contributed by atoms with Crippen LogP contribution in [0.1, 0.15) is 17.8 Å². The van der Waals surface area contributed by atoms with Gasteiger partial charge in [-0.3, -0.25) is 19.2 Å². The molecule has 4 unspecified atom stereocenters. The predicted octanol–water partition coefficient (Wildman–Crippen LogP) is -2.81. The van der Waals surface area contributed by atoms with E-state index >= 15 is 0 Å². The van der Waals surface area contributed by atoms with E-state index in [1.165, 1.54) is 25.0 Å². The number of carbonyl (C=O) groups excluding carboxylic acids is 3. The van der Waals surface area contributed by atoms with Crippen molar-refractivity contribution in [2.75, 3.05) is 5.75 Å². The number of nitrogens with one attached hydrogen (secondary N) is 5. The van der Waals surface area contributed by atoms with Gasteiger partial charge in [0.15, 0.2) is 0 Å². The van der Waals surface area contributed by atoms with Gasteiger partial charge < -0.3 is 41.9 Å². The Balaban J connectivity index is 2.22. The first-order chi connectivity index (χ1) is 16.6. The first kappa shape index (κ1) is 27.3. The number of carboxylic acid groups (broad SMARTS) is 2. The van der Waals surface area contributed by atoms with Crippen LogP contribution in [0.4, 0.5) is 0 Å². The number of aliphatic carboxylic acids is 2. The Bertz CT molecular complexity index is 1010. The maximum Gasteiger partial charge on any atom is 0.327 e. The lowest BCUT2D eigenvalue weighted by atomic mass is 10.1. The molecule has 35 heavy (non-hydrogen) atoms. The summed E-state index contributed by atoms with van der Waals surface area (Å²) in [6.45, 7) is 0. The molecule has 0 aliphatic heterocycles. The summed E-state index contributed by atoms with van der Waals surface area (Å²) >= 11 is 3.91. The van der Waals surface area contributed by atoms with Crippen molar-refractivity contribution >= 4 is 42.3 Å². The molecule has 9 N–H and O–H groups in total. The van der Waals surface area contributed by atoms with Crippen LogP contribution in [0.3, 0.4) is 0 Å². The number of carbonyl (C=O) groups is 5. The van der Waals surface area contributed by atoms with Gasteiger partial charge in [0.2, 0.25) is 17.7 Å². The first-order valence-corrected chi connectivity index (χ1v) is 10.9. The molecule has 4 atom stereocenters. The summed E-state index contributed by atoms with van der Waals surface area (Å²) in [5.74, 6) is -5.28. The summed E-state index contributed by atoms with van der Waals surface area (Å²) in [4.78, 5) is 73.8. The molecule has 0 aliphatic rings. The number of amides is 3. The zero-order chi connectivity index (χ0) is 26.0. The molecule has 15 nitrogen and oxygen atoms in total. The first-order valence-electron chi connectivity index (χ1n) is 10.3. The molecule has 0 aliphatic carbocycles. The van der Waals surface area contributed by atoms with Crippen molar-refractivity contribution in [1.82, 2.24) is 35.9 Å². The minimum absolute atomic E-state index is 0.0697. The Morgan fingerprint density at radius 2 is 1.31 bits per heavy atom. The highest BCUT2D eigenvalue weighted by atomic mass is 32.1. The average molecular weight is 511 g/mol. The Morgan fingerprint density at radius 3 is 1.69 bits per heavy atom. The van der Waals surface area contributed by atoms with Gasteiger partial charge >= 0.3 is 11.9 Å². The zero-order valence-electron chi connectivity index (χ0n) is 18.3. The van der Waals surface area contributed by atoms with Crippen LogP contribution in [0.15, 0.2) is 25.0 Å². The molecule has 2 aromatic rings. The number of aromatic nitrogens is 4. The van der Waals surface area contributed by atoms with Crippen molar-refractivity contribution in [3.63, 3.8) is 0 Å². The Hall–Kier alpha value is -3.92. The van der Waals surface area contributed by atoms with Gasteiger partial charge in [-0.25, -0.2) is 14.8 Å². The molecule has 0 radical (unpaired) electrons. The Kier molecular flexibility index (Phi) is 10.2. The van der Waals surface area contributed by atoms with Crippen LogP contribution in [0.25, 0.3) is 0 Å². The third kappa shape index (κ3) is 8.74. The fourth-order valence-electron chi connectivity index (χ4n) is 2.94. The molecule has 3 amide bonds. The summed E-state index contributed by atoms with van der Waals surface area (Å²) in [5, 5.41) is 25.3. The molecule has 190 valence electrons. The van der Waals surface area contributed by atoms with Crippen LogP contribution in [-0.2, 0) is 36.8 Å². The minimum Gasteiger partial charge on any atom is -0.481 e. The van der Waals surface area contributed by atoms with Crippen molar-refractivity contribution in [3.8, 4) is 0 Å². The number of imidazole rings is 2. The molecule has 2 heterocycles. The molecular weight excluding hydrogens is 484 g/mol. The third-order valence-electron chi connectivity index (χ3n) is 4.75. The van der Waals surface area contributed by atoms with E-state index in [2.05, 4.69) is 48.5 Å². The molecule has 0 bridgehead atoms. The van der Waals surface area contributed by atoms with Gasteiger partial charge in [-0.05, 0) is 0 Å². The van der Waals surface area contributed by atoms with E-state index in [0.29, 0.717) is 11.4 Å². The molecule has 16 heteroatoms. The van der Waals surface area contributed by atoms with Crippen LogP contribution < -0.4 is 21.7 Å². The minimum atomic E-state index is -1.42. The normalized spacial score (nSPS) is 14.2. The molecule has 2 rings (SSSR count). The average Bonchev–Trinajstić information content (AvgIpc) is 3.49. The molecule has 0 spiro atoms. The number of thiol groups is 1. The summed E-state index contributed by atoms with van der Waals surface area (Å²) in [6.07, 6.45) is 4.77. The quantitative estimate of drug-likeness (QED) is 0.118. The number of nitrogens with zero attached hydrogens (tertiary/aromatic N) is 2. The number of rotatable bonds is 14. The van der Waals surface area contributed by atoms with Crippen molar-refractivity contribution in [3.05, 3.63) is 36.4 Å². The summed E-state index contributed by atoms with van der Waals surface area (Å²) in [7, 11) is 0. The van der Waals surface area contributed by atoms with Crippen molar-refractivity contribution in [2.24, 2.45) is 5.73 Å². The number of H-pyrrole nitrogens is 2. The van der Waals surface area contributed by atoms with Crippen molar-refractivity contribution < 1.29 is 34.2 Å². The van der Waals surface area contributed by atoms with Crippen molar-refractivity contribution in [1.29, 1.82) is 0 Å². The second kappa shape index (κ2) is 13.1. The number of hydrogen-bond acceptors (Lipinski definition) is 9. The molecule has 2 aromatic heterocycles. The highest BCUT2D eigenvalue weighted by molar-refractivity contribution is 7.80. The van der Waals surface area contributed by atoms with Gasteiger partial charge in [-0.1, -0.05) is 0 Å². The number of nitrogens with two attached hydrogens (primary N) is 1. The second-order valence-corrected chi connectivity index (χ2v) is 7.84. The van der Waals surface area contributed by atoms with Gasteiger partial charge in [0, 0.05) is 42.4 Å². The number of hydrogen-bond donors (Lipinski definition) is 9. The van der Waals surface area contributed by atoms with Gasteiger partial charge in [0.05, 0.1) is 25.1 Å². The second-order valence-electron chi connectivity index (χ2n) is 7.47. The van der Waals surface area contributed by atoms with Crippen LogP contribution >= 0.6 is 12.6 Å². The molecule has 0 saturated heterocycles. The van der Waals surface area contributed by atoms with E-state index in [1.807, 2.05) is 0 Å². The molecular formula is C19H26N8O7S. The Labute approximate surface area is 204 Å². The van der Waals surface area contributed by atoms with E-state index in [9.17, 15) is 29.1 Å². The lowest BCUT2D eigenvalue weighted by Crippen LogP contribution is -2.58. The lowest BCUT2D eigenvalue weighted by Gasteiger charge is -2.24. The maximum atomic E-state index is 13.1. The number of carboxylic acids is 2. The smallest absolute Gasteiger partial charge is 0.327 e. The lowest BCUT2D eigenvalue weighted by molar-refractivity contribution is -0.141. The van der Waals surface area contributed by atoms with Crippen LogP contribution in [0, 0.1) is 0 Å². The van der Waals surface area contributed by atoms with Crippen LogP contribution in [-0.4, -0.2) is 89.7 Å². The zero-order valence-corrected chi connectivity index (χ0v) is 19.2. The van der Waals surface area contributed by atoms with Gasteiger partial charge in [-0.15, -0.1) is 0 Å². The highest BCUT2D eigenvalue weighted by Gasteiger charge is 2.31. The maximum absolute atomic E-state index is 13.1. The van der Waals surface area contributed by atoms with E-state index < -0.39 is 60.2 Å². The summed E-state index contributed by atoms with van der Waals surface area (Å²) in [6, 6.07) is -5.24. The highest BCUT2D eigenvalue weighted by Crippen LogP contribution is 2.05. The van der Waals surface area contributed by atoms with Gasteiger partial charge in [0.25, 0.3) is 0 Å². The number of aromatic amines is 2. The van der Waals surface area contributed by atoms with E-state index in [1.54, 1.807) is 0 Å². The van der Waals surface area contributed by atoms with Gasteiger partial charge in [-0.2, -0.15) is 12.6 Å². The van der Waals surface area contributed by atoms with E-state index in [0.717, 1.165) is 0 Å². The van der Waals surface area contributed by atoms with Crippen LogP contribution in [0.2, 0.25) is 0 Å². The van der Waals surface area contributed by atoms with Crippen molar-refractivity contribution in [2.45, 2.75) is 43.4 Å². The van der Waals surface area contributed by atoms with E-state index in [4.69, 9.17) is 10.8 Å². The monoisotopic (exact) mass is 510 g/mol. The standard InChI is InChI=1S/C19H26N8O7S/c20-11(3-15(28)29)16(30)25-12(1-9-4-21-7-23-9)17(31)26-13(2-10-5-22-8-24-10)18(32)27-14(6-35)19(33)34/h4-5,7-8,11-14,35H,1-3,6,20H2,(H,21,23)(H,22,24)(H,25,30)(H,26,31)(H,27,32)(H,28,29)(H,33,34). The molecule has 0 fully saturated rings. The molecule has 0 saturated carbocycles. The topological polar surface area (TPSA) is 245 Å². The largest absolute Gasteiger partial charge is 0.481 e. The predicted molar refractivity (Wildman–Crippen MR) is 122 cm³/mol. The van der Waals surface area contributed by atoms with E-state index in [-0.39, 0.29) is 18.6 Å². The summed E-state index contributed by atoms with van der Waals surface area (Å²) < 4.78 is 0. The molecule has 0 aromatic carbocycles. The third-order valence-corrected chi connectivity index (χ3v) is 5.12. The summed E-state index contributed by atoms with van der Waals surface area (Å²) in [5.41, 5.74) is 6.53. The fraction of sp³-hybridized carbons (Fsp3) is 0.421.